The molecule has 0 bridgehead atoms. The van der Waals surface area contributed by atoms with Gasteiger partial charge in [0.1, 0.15) is 0 Å². The Morgan fingerprint density at radius 3 is 2.25 bits per heavy atom. The average molecular weight is 172 g/mol. The molecule has 0 aromatic carbocycles. The van der Waals surface area contributed by atoms with Crippen molar-refractivity contribution in [1.82, 2.24) is 0 Å². The van der Waals surface area contributed by atoms with Gasteiger partial charge in [0, 0.05) is 13.2 Å². The molecule has 0 aromatic heterocycles. The molecule has 0 aromatic rings. The van der Waals surface area contributed by atoms with Gasteiger partial charge in [0.2, 0.25) is 0 Å². The Kier molecular flexibility index (Phi) is 7.58. The lowest BCUT2D eigenvalue weighted by molar-refractivity contribution is 0.127. The van der Waals surface area contributed by atoms with Gasteiger partial charge in [0.15, 0.2) is 0 Å². The van der Waals surface area contributed by atoms with Crippen molar-refractivity contribution >= 4 is 0 Å². The summed E-state index contributed by atoms with van der Waals surface area (Å²) in [4.78, 5) is 0. The van der Waals surface area contributed by atoms with Crippen LogP contribution in [0.15, 0.2) is 0 Å². The van der Waals surface area contributed by atoms with E-state index in [9.17, 15) is 0 Å². The molecule has 1 nitrogen and oxygen atoms in total. The SMILES string of the molecule is CCOCC[C@H](CC)CC(C)C. The minimum Gasteiger partial charge on any atom is -0.382 e. The molecule has 0 saturated heterocycles. The van der Waals surface area contributed by atoms with Gasteiger partial charge in [-0.25, -0.2) is 0 Å². The fourth-order valence-electron chi connectivity index (χ4n) is 1.55. The second-order valence-corrected chi connectivity index (χ2v) is 3.89. The molecule has 0 rings (SSSR count). The van der Waals surface area contributed by atoms with Crippen molar-refractivity contribution in [3.8, 4) is 0 Å². The third kappa shape index (κ3) is 6.66. The van der Waals surface area contributed by atoms with Crippen LogP contribution in [0.2, 0.25) is 0 Å². The molecular weight excluding hydrogens is 148 g/mol. The van der Waals surface area contributed by atoms with Gasteiger partial charge in [-0.05, 0) is 31.6 Å². The van der Waals surface area contributed by atoms with Crippen LogP contribution in [0.4, 0.5) is 0 Å². The summed E-state index contributed by atoms with van der Waals surface area (Å²) in [6, 6.07) is 0. The minimum absolute atomic E-state index is 0.830. The highest BCUT2D eigenvalue weighted by Gasteiger charge is 2.07. The predicted molar refractivity (Wildman–Crippen MR) is 54.3 cm³/mol. The van der Waals surface area contributed by atoms with Crippen molar-refractivity contribution in [2.75, 3.05) is 13.2 Å². The number of hydrogen-bond donors (Lipinski definition) is 0. The van der Waals surface area contributed by atoms with Crippen LogP contribution < -0.4 is 0 Å². The van der Waals surface area contributed by atoms with Crippen LogP contribution in [0.3, 0.4) is 0 Å². The van der Waals surface area contributed by atoms with Gasteiger partial charge in [0.25, 0.3) is 0 Å². The Morgan fingerprint density at radius 1 is 1.17 bits per heavy atom. The molecule has 0 saturated carbocycles. The maximum atomic E-state index is 5.35. The molecule has 1 heteroatoms. The maximum absolute atomic E-state index is 5.35. The Labute approximate surface area is 77.5 Å². The zero-order valence-electron chi connectivity index (χ0n) is 9.10. The minimum atomic E-state index is 0.830. The second-order valence-electron chi connectivity index (χ2n) is 3.89. The molecule has 0 aliphatic carbocycles. The van der Waals surface area contributed by atoms with Gasteiger partial charge >= 0.3 is 0 Å². The van der Waals surface area contributed by atoms with Crippen LogP contribution >= 0.6 is 0 Å². The summed E-state index contributed by atoms with van der Waals surface area (Å²) in [6.07, 6.45) is 3.89. The maximum Gasteiger partial charge on any atom is 0.0468 e. The van der Waals surface area contributed by atoms with Crippen LogP contribution in [0.5, 0.6) is 0 Å². The molecule has 12 heavy (non-hydrogen) atoms. The van der Waals surface area contributed by atoms with E-state index in [0.717, 1.165) is 25.0 Å². The molecule has 0 N–H and O–H groups in total. The molecule has 1 atom stereocenters. The van der Waals surface area contributed by atoms with Crippen molar-refractivity contribution in [1.29, 1.82) is 0 Å². The molecule has 74 valence electrons. The Balaban J connectivity index is 3.39. The first kappa shape index (κ1) is 12.0. The van der Waals surface area contributed by atoms with Crippen molar-refractivity contribution < 1.29 is 4.74 Å². The van der Waals surface area contributed by atoms with E-state index < -0.39 is 0 Å². The summed E-state index contributed by atoms with van der Waals surface area (Å²) in [5.41, 5.74) is 0. The largest absolute Gasteiger partial charge is 0.382 e. The zero-order valence-corrected chi connectivity index (χ0v) is 9.10. The number of hydrogen-bond acceptors (Lipinski definition) is 1. The van der Waals surface area contributed by atoms with E-state index in [1.54, 1.807) is 0 Å². The topological polar surface area (TPSA) is 9.23 Å². The smallest absolute Gasteiger partial charge is 0.0468 e. The highest BCUT2D eigenvalue weighted by molar-refractivity contribution is 4.59. The number of ether oxygens (including phenoxy) is 1. The lowest BCUT2D eigenvalue weighted by Crippen LogP contribution is -2.07. The molecule has 0 spiro atoms. The molecule has 0 heterocycles. The Morgan fingerprint density at radius 2 is 1.83 bits per heavy atom. The van der Waals surface area contributed by atoms with E-state index in [0.29, 0.717) is 0 Å². The fraction of sp³-hybridized carbons (Fsp3) is 1.00. The van der Waals surface area contributed by atoms with Crippen LogP contribution in [0, 0.1) is 11.8 Å². The van der Waals surface area contributed by atoms with Crippen molar-refractivity contribution in [3.63, 3.8) is 0 Å². The van der Waals surface area contributed by atoms with E-state index in [2.05, 4.69) is 27.7 Å². The molecule has 0 aliphatic rings. The lowest BCUT2D eigenvalue weighted by atomic mass is 9.92. The summed E-state index contributed by atoms with van der Waals surface area (Å²) in [5.74, 6) is 1.70. The highest BCUT2D eigenvalue weighted by atomic mass is 16.5. The molecule has 0 amide bonds. The monoisotopic (exact) mass is 172 g/mol. The van der Waals surface area contributed by atoms with Crippen LogP contribution in [0.1, 0.15) is 47.0 Å². The molecule has 0 fully saturated rings. The van der Waals surface area contributed by atoms with Crippen molar-refractivity contribution in [2.45, 2.75) is 47.0 Å². The quantitative estimate of drug-likeness (QED) is 0.534. The van der Waals surface area contributed by atoms with Gasteiger partial charge < -0.3 is 4.74 Å². The van der Waals surface area contributed by atoms with Crippen LogP contribution in [-0.2, 0) is 4.74 Å². The molecule has 0 radical (unpaired) electrons. The Hall–Kier alpha value is -0.0400. The molecular formula is C11H24O. The molecule has 0 unspecified atom stereocenters. The summed E-state index contributed by atoms with van der Waals surface area (Å²) >= 11 is 0. The van der Waals surface area contributed by atoms with Crippen molar-refractivity contribution in [2.24, 2.45) is 11.8 Å². The van der Waals surface area contributed by atoms with E-state index in [4.69, 9.17) is 4.74 Å². The standard InChI is InChI=1S/C11H24O/c1-5-11(9-10(3)4)7-8-12-6-2/h10-11H,5-9H2,1-4H3/t11-/m0/s1. The average Bonchev–Trinajstić information content (AvgIpc) is 2.02. The summed E-state index contributed by atoms with van der Waals surface area (Å²) in [6.45, 7) is 10.7. The lowest BCUT2D eigenvalue weighted by Gasteiger charge is -2.16. The van der Waals surface area contributed by atoms with E-state index >= 15 is 0 Å². The first-order valence-corrected chi connectivity index (χ1v) is 5.28. The third-order valence-electron chi connectivity index (χ3n) is 2.26. The third-order valence-corrected chi connectivity index (χ3v) is 2.26. The zero-order chi connectivity index (χ0) is 9.40. The van der Waals surface area contributed by atoms with Crippen LogP contribution in [-0.4, -0.2) is 13.2 Å². The fourth-order valence-corrected chi connectivity index (χ4v) is 1.55. The summed E-state index contributed by atoms with van der Waals surface area (Å²) < 4.78 is 5.35. The van der Waals surface area contributed by atoms with E-state index in [-0.39, 0.29) is 0 Å². The Bertz CT molecular complexity index is 89.0. The first-order chi connectivity index (χ1) is 5.70. The first-order valence-electron chi connectivity index (χ1n) is 5.28. The van der Waals surface area contributed by atoms with Gasteiger partial charge in [-0.15, -0.1) is 0 Å². The van der Waals surface area contributed by atoms with E-state index in [1.165, 1.54) is 19.3 Å². The summed E-state index contributed by atoms with van der Waals surface area (Å²) in [7, 11) is 0. The highest BCUT2D eigenvalue weighted by Crippen LogP contribution is 2.18. The number of rotatable bonds is 7. The summed E-state index contributed by atoms with van der Waals surface area (Å²) in [5, 5.41) is 0. The van der Waals surface area contributed by atoms with Gasteiger partial charge in [-0.3, -0.25) is 0 Å². The van der Waals surface area contributed by atoms with Crippen LogP contribution in [0.25, 0.3) is 0 Å². The predicted octanol–water partition coefficient (Wildman–Crippen LogP) is 3.49. The second kappa shape index (κ2) is 7.60. The van der Waals surface area contributed by atoms with Gasteiger partial charge in [0.05, 0.1) is 0 Å². The normalized spacial score (nSPS) is 13.8. The van der Waals surface area contributed by atoms with Crippen molar-refractivity contribution in [3.05, 3.63) is 0 Å². The van der Waals surface area contributed by atoms with Gasteiger partial charge in [-0.2, -0.15) is 0 Å². The molecule has 0 aliphatic heterocycles. The van der Waals surface area contributed by atoms with E-state index in [1.807, 2.05) is 0 Å². The van der Waals surface area contributed by atoms with Gasteiger partial charge in [-0.1, -0.05) is 27.2 Å².